The molecule has 2 aliphatic rings. The Hall–Kier alpha value is -6.35. The Balaban J connectivity index is 1.14. The number of hydrogen-bond acceptors (Lipinski definition) is 3. The van der Waals surface area contributed by atoms with E-state index in [1.54, 1.807) is 0 Å². The van der Waals surface area contributed by atoms with Gasteiger partial charge in [0.2, 0.25) is 0 Å². The third kappa shape index (κ3) is 3.94. The van der Waals surface area contributed by atoms with Gasteiger partial charge in [-0.2, -0.15) is 0 Å². The Morgan fingerprint density at radius 2 is 1.04 bits per heavy atom. The van der Waals surface area contributed by atoms with E-state index in [1.807, 2.05) is 42.5 Å². The first-order chi connectivity index (χ1) is 25.2. The van der Waals surface area contributed by atoms with Gasteiger partial charge in [0.15, 0.2) is 7.14 Å². The number of fused-ring (bicyclic) bond motifs is 7. The van der Waals surface area contributed by atoms with Crippen molar-refractivity contribution >= 4 is 72.7 Å². The quantitative estimate of drug-likeness (QED) is 0.175. The highest BCUT2D eigenvalue weighted by Crippen LogP contribution is 2.55. The van der Waals surface area contributed by atoms with E-state index >= 15 is 4.57 Å². The van der Waals surface area contributed by atoms with Crippen LogP contribution in [0.2, 0.25) is 0 Å². The summed E-state index contributed by atoms with van der Waals surface area (Å²) in [4.78, 5) is 2.31. The molecule has 0 N–H and O–H groups in total. The lowest BCUT2D eigenvalue weighted by Gasteiger charge is -2.35. The van der Waals surface area contributed by atoms with Crippen molar-refractivity contribution in [3.63, 3.8) is 0 Å². The lowest BCUT2D eigenvalue weighted by Crippen LogP contribution is -2.31. The highest BCUT2D eigenvalue weighted by Gasteiger charge is 2.40. The summed E-state index contributed by atoms with van der Waals surface area (Å²) in [6, 6.07) is 60.7. The summed E-state index contributed by atoms with van der Waals surface area (Å²) in [5.41, 5.74) is 8.74. The molecule has 1 atom stereocenters. The van der Waals surface area contributed by atoms with E-state index in [2.05, 4.69) is 143 Å². The van der Waals surface area contributed by atoms with Crippen molar-refractivity contribution in [1.82, 2.24) is 4.57 Å². The molecule has 2 aliphatic heterocycles. The van der Waals surface area contributed by atoms with E-state index in [0.717, 1.165) is 39.1 Å². The van der Waals surface area contributed by atoms with Gasteiger partial charge in [-0.3, -0.25) is 0 Å². The molecule has 0 bridgehead atoms. The number of hydrogen-bond donors (Lipinski definition) is 0. The minimum atomic E-state index is -3.32. The number of anilines is 3. The maximum Gasteiger partial charge on any atom is 0.178 e. The van der Waals surface area contributed by atoms with Crippen molar-refractivity contribution in [3.05, 3.63) is 176 Å². The first-order valence-electron chi connectivity index (χ1n) is 17.2. The van der Waals surface area contributed by atoms with Gasteiger partial charge in [0.25, 0.3) is 0 Å². The fourth-order valence-electron chi connectivity index (χ4n) is 8.37. The molecule has 0 radical (unpaired) electrons. The number of aromatic nitrogens is 1. The first kappa shape index (κ1) is 28.5. The molecule has 0 saturated carbocycles. The van der Waals surface area contributed by atoms with Crippen LogP contribution in [0.25, 0.3) is 49.4 Å². The summed E-state index contributed by atoms with van der Waals surface area (Å²) < 4.78 is 25.0. The monoisotopic (exact) mass is 672 g/mol. The second kappa shape index (κ2) is 10.6. The second-order valence-electron chi connectivity index (χ2n) is 13.3. The molecule has 4 nitrogen and oxygen atoms in total. The SMILES string of the molecule is O=P1(c2ccccc2)c2ccc(N3c4ccccc4-c4cccc5cccc3c45)cc2Oc2cc(-n3c4ccccc4c4ccccc43)ccc21. The lowest BCUT2D eigenvalue weighted by molar-refractivity contribution is 0.485. The lowest BCUT2D eigenvalue weighted by atomic mass is 9.91. The van der Waals surface area contributed by atoms with E-state index in [1.165, 1.54) is 32.7 Å². The highest BCUT2D eigenvalue weighted by atomic mass is 31.2. The van der Waals surface area contributed by atoms with Crippen LogP contribution in [0.1, 0.15) is 0 Å². The van der Waals surface area contributed by atoms with Gasteiger partial charge < -0.3 is 18.8 Å². The van der Waals surface area contributed by atoms with Gasteiger partial charge in [-0.25, -0.2) is 0 Å². The van der Waals surface area contributed by atoms with Crippen LogP contribution in [-0.2, 0) is 4.57 Å². The molecule has 8 aromatic carbocycles. The molecule has 0 amide bonds. The van der Waals surface area contributed by atoms with Gasteiger partial charge in [-0.1, -0.05) is 115 Å². The standard InChI is InChI=1S/C46H29N2O2P/c49-51(33-14-2-1-3-15-33)44-26-24-31(47-38-20-7-4-16-34(38)35-17-5-8-21-39(35)47)28-42(44)50-43-29-32(25-27-45(43)51)48-40-22-9-6-18-36(40)37-19-10-12-30-13-11-23-41(48)46(30)37/h1-29H. The van der Waals surface area contributed by atoms with Gasteiger partial charge in [0.05, 0.1) is 33.0 Å². The Kier molecular flexibility index (Phi) is 5.91. The van der Waals surface area contributed by atoms with Crippen molar-refractivity contribution < 1.29 is 9.30 Å². The summed E-state index contributed by atoms with van der Waals surface area (Å²) in [5.74, 6) is 1.22. The Bertz CT molecular complexity index is 2890. The number of rotatable bonds is 3. The largest absolute Gasteiger partial charge is 0.456 e. The normalized spacial score (nSPS) is 15.7. The van der Waals surface area contributed by atoms with Crippen LogP contribution in [-0.4, -0.2) is 4.57 Å². The van der Waals surface area contributed by atoms with Crippen LogP contribution < -0.4 is 25.6 Å². The van der Waals surface area contributed by atoms with Crippen LogP contribution in [0, 0.1) is 0 Å². The molecule has 11 rings (SSSR count). The zero-order valence-electron chi connectivity index (χ0n) is 27.4. The fourth-order valence-corrected chi connectivity index (χ4v) is 11.2. The third-order valence-corrected chi connectivity index (χ3v) is 13.7. The van der Waals surface area contributed by atoms with Crippen LogP contribution in [0.4, 0.5) is 17.1 Å². The number of benzene rings is 8. The molecular formula is C46H29N2O2P. The van der Waals surface area contributed by atoms with Crippen LogP contribution in [0.15, 0.2) is 176 Å². The molecule has 5 heteroatoms. The van der Waals surface area contributed by atoms with Crippen LogP contribution in [0.5, 0.6) is 11.5 Å². The molecule has 3 heterocycles. The fraction of sp³-hybridized carbons (Fsp3) is 0. The van der Waals surface area contributed by atoms with Crippen molar-refractivity contribution in [2.75, 3.05) is 4.90 Å². The maximum atomic E-state index is 15.8. The van der Waals surface area contributed by atoms with Crippen molar-refractivity contribution in [2.45, 2.75) is 0 Å². The molecule has 1 aromatic heterocycles. The van der Waals surface area contributed by atoms with E-state index in [9.17, 15) is 0 Å². The molecule has 1 unspecified atom stereocenters. The van der Waals surface area contributed by atoms with Gasteiger partial charge in [-0.05, 0) is 59.5 Å². The summed E-state index contributed by atoms with van der Waals surface area (Å²) in [7, 11) is -3.32. The van der Waals surface area contributed by atoms with E-state index in [-0.39, 0.29) is 0 Å². The Labute approximate surface area is 294 Å². The predicted octanol–water partition coefficient (Wildman–Crippen LogP) is 11.1. The molecule has 0 saturated heterocycles. The summed E-state index contributed by atoms with van der Waals surface area (Å²) >= 11 is 0. The van der Waals surface area contributed by atoms with Gasteiger partial charge in [0.1, 0.15) is 11.5 Å². The summed E-state index contributed by atoms with van der Waals surface area (Å²) in [5, 5.41) is 6.99. The average molecular weight is 673 g/mol. The molecular weight excluding hydrogens is 643 g/mol. The molecule has 240 valence electrons. The van der Waals surface area contributed by atoms with Crippen LogP contribution in [0.3, 0.4) is 0 Å². The average Bonchev–Trinajstić information content (AvgIpc) is 3.53. The molecule has 0 fully saturated rings. The summed E-state index contributed by atoms with van der Waals surface area (Å²) in [6.45, 7) is 0. The van der Waals surface area contributed by atoms with Crippen molar-refractivity contribution in [3.8, 4) is 28.3 Å². The topological polar surface area (TPSA) is 34.5 Å². The first-order valence-corrected chi connectivity index (χ1v) is 18.9. The second-order valence-corrected chi connectivity index (χ2v) is 16.0. The predicted molar refractivity (Wildman–Crippen MR) is 211 cm³/mol. The number of para-hydroxylation sites is 3. The number of ether oxygens (including phenoxy) is 1. The Morgan fingerprint density at radius 1 is 0.471 bits per heavy atom. The molecule has 9 aromatic rings. The van der Waals surface area contributed by atoms with Gasteiger partial charge in [0, 0.05) is 50.5 Å². The van der Waals surface area contributed by atoms with E-state index < -0.39 is 7.14 Å². The zero-order valence-corrected chi connectivity index (χ0v) is 28.3. The number of nitrogens with zero attached hydrogens (tertiary/aromatic N) is 2. The zero-order chi connectivity index (χ0) is 33.7. The molecule has 51 heavy (non-hydrogen) atoms. The maximum absolute atomic E-state index is 15.8. The highest BCUT2D eigenvalue weighted by molar-refractivity contribution is 7.85. The van der Waals surface area contributed by atoms with Crippen molar-refractivity contribution in [2.24, 2.45) is 0 Å². The summed E-state index contributed by atoms with van der Waals surface area (Å²) in [6.07, 6.45) is 0. The smallest absolute Gasteiger partial charge is 0.178 e. The van der Waals surface area contributed by atoms with Gasteiger partial charge >= 0.3 is 0 Å². The molecule has 0 spiro atoms. The minimum absolute atomic E-state index is 0.607. The van der Waals surface area contributed by atoms with E-state index in [4.69, 9.17) is 4.74 Å². The van der Waals surface area contributed by atoms with Gasteiger partial charge in [-0.15, -0.1) is 0 Å². The minimum Gasteiger partial charge on any atom is -0.456 e. The molecule has 0 aliphatic carbocycles. The third-order valence-electron chi connectivity index (χ3n) is 10.6. The van der Waals surface area contributed by atoms with E-state index in [0.29, 0.717) is 22.1 Å². The van der Waals surface area contributed by atoms with Crippen molar-refractivity contribution in [1.29, 1.82) is 0 Å². The Morgan fingerprint density at radius 3 is 1.78 bits per heavy atom. The van der Waals surface area contributed by atoms with Crippen LogP contribution >= 0.6 is 7.14 Å².